The van der Waals surface area contributed by atoms with Gasteiger partial charge in [0.05, 0.1) is 12.1 Å². The van der Waals surface area contributed by atoms with Gasteiger partial charge in [0.2, 0.25) is 5.91 Å². The van der Waals surface area contributed by atoms with Gasteiger partial charge < -0.3 is 15.7 Å². The van der Waals surface area contributed by atoms with Crippen LogP contribution in [-0.2, 0) is 4.79 Å². The average molecular weight is 270 g/mol. The van der Waals surface area contributed by atoms with Gasteiger partial charge in [-0.05, 0) is 32.1 Å². The molecule has 1 fully saturated rings. The summed E-state index contributed by atoms with van der Waals surface area (Å²) in [5.41, 5.74) is -0.737. The molecular weight excluding hydrogens is 240 g/mol. The monoisotopic (exact) mass is 270 g/mol. The maximum absolute atomic E-state index is 11.8. The van der Waals surface area contributed by atoms with Crippen molar-refractivity contribution in [1.29, 1.82) is 0 Å². The van der Waals surface area contributed by atoms with Crippen LogP contribution in [0.15, 0.2) is 0 Å². The number of hydrogen-bond acceptors (Lipinski definition) is 3. The summed E-state index contributed by atoms with van der Waals surface area (Å²) >= 11 is 0. The second-order valence-corrected chi connectivity index (χ2v) is 6.60. The average Bonchev–Trinajstić information content (AvgIpc) is 2.28. The Morgan fingerprint density at radius 1 is 1.32 bits per heavy atom. The van der Waals surface area contributed by atoms with Crippen molar-refractivity contribution >= 4 is 5.91 Å². The number of carbonyl (C=O) groups is 1. The normalized spacial score (nSPS) is 20.3. The van der Waals surface area contributed by atoms with E-state index in [2.05, 4.69) is 24.5 Å². The molecule has 1 aliphatic rings. The van der Waals surface area contributed by atoms with Crippen LogP contribution in [0.1, 0.15) is 59.3 Å². The number of amides is 1. The molecule has 1 atom stereocenters. The van der Waals surface area contributed by atoms with Crippen molar-refractivity contribution in [1.82, 2.24) is 10.6 Å². The molecule has 0 heterocycles. The van der Waals surface area contributed by atoms with E-state index in [9.17, 15) is 9.90 Å². The van der Waals surface area contributed by atoms with Crippen molar-refractivity contribution in [2.24, 2.45) is 5.92 Å². The summed E-state index contributed by atoms with van der Waals surface area (Å²) in [6.45, 7) is 6.75. The topological polar surface area (TPSA) is 61.4 Å². The summed E-state index contributed by atoms with van der Waals surface area (Å²) in [6.07, 6.45) is 6.70. The van der Waals surface area contributed by atoms with Gasteiger partial charge in [-0.25, -0.2) is 0 Å². The fraction of sp³-hybridized carbons (Fsp3) is 0.933. The fourth-order valence-corrected chi connectivity index (χ4v) is 2.92. The summed E-state index contributed by atoms with van der Waals surface area (Å²) < 4.78 is 0. The molecule has 0 spiro atoms. The van der Waals surface area contributed by atoms with Crippen molar-refractivity contribution < 1.29 is 9.90 Å². The molecule has 3 N–H and O–H groups in total. The first-order valence-electron chi connectivity index (χ1n) is 7.61. The quantitative estimate of drug-likeness (QED) is 0.661. The summed E-state index contributed by atoms with van der Waals surface area (Å²) in [7, 11) is 0. The molecule has 0 aromatic heterocycles. The van der Waals surface area contributed by atoms with E-state index in [-0.39, 0.29) is 5.91 Å². The van der Waals surface area contributed by atoms with Crippen LogP contribution in [0.5, 0.6) is 0 Å². The van der Waals surface area contributed by atoms with Crippen molar-refractivity contribution in [3.8, 4) is 0 Å². The Morgan fingerprint density at radius 2 is 1.95 bits per heavy atom. The zero-order chi connectivity index (χ0) is 14.3. The van der Waals surface area contributed by atoms with E-state index in [0.29, 0.717) is 25.0 Å². The van der Waals surface area contributed by atoms with Crippen LogP contribution in [0.2, 0.25) is 0 Å². The first-order valence-corrected chi connectivity index (χ1v) is 7.61. The highest BCUT2D eigenvalue weighted by Gasteiger charge is 2.22. The Labute approximate surface area is 117 Å². The molecule has 0 saturated heterocycles. The van der Waals surface area contributed by atoms with Crippen molar-refractivity contribution in [3.63, 3.8) is 0 Å². The molecule has 1 aliphatic carbocycles. The molecule has 0 bridgehead atoms. The first kappa shape index (κ1) is 16.4. The summed E-state index contributed by atoms with van der Waals surface area (Å²) in [5.74, 6) is 0.500. The highest BCUT2D eigenvalue weighted by atomic mass is 16.3. The molecule has 0 aromatic carbocycles. The van der Waals surface area contributed by atoms with Gasteiger partial charge in [-0.2, -0.15) is 0 Å². The highest BCUT2D eigenvalue weighted by molar-refractivity contribution is 5.78. The van der Waals surface area contributed by atoms with E-state index in [4.69, 9.17) is 0 Å². The summed E-state index contributed by atoms with van der Waals surface area (Å²) in [4.78, 5) is 11.8. The van der Waals surface area contributed by atoms with Crippen molar-refractivity contribution in [2.45, 2.75) is 70.9 Å². The van der Waals surface area contributed by atoms with Crippen LogP contribution in [-0.4, -0.2) is 35.7 Å². The van der Waals surface area contributed by atoms with Crippen molar-refractivity contribution in [2.75, 3.05) is 13.1 Å². The zero-order valence-corrected chi connectivity index (χ0v) is 12.7. The Bertz CT molecular complexity index is 271. The number of carbonyl (C=O) groups excluding carboxylic acids is 1. The van der Waals surface area contributed by atoms with Crippen LogP contribution < -0.4 is 10.6 Å². The first-order chi connectivity index (χ1) is 8.89. The molecular formula is C15H30N2O2. The number of nitrogens with one attached hydrogen (secondary N) is 2. The van der Waals surface area contributed by atoms with Gasteiger partial charge in [0.15, 0.2) is 0 Å². The minimum absolute atomic E-state index is 0.0484. The fourth-order valence-electron chi connectivity index (χ4n) is 2.92. The van der Waals surface area contributed by atoms with Gasteiger partial charge in [-0.3, -0.25) is 4.79 Å². The molecule has 4 nitrogen and oxygen atoms in total. The second-order valence-electron chi connectivity index (χ2n) is 6.60. The van der Waals surface area contributed by atoms with Crippen LogP contribution in [0.4, 0.5) is 0 Å². The lowest BCUT2D eigenvalue weighted by atomic mass is 9.94. The van der Waals surface area contributed by atoms with E-state index in [1.165, 1.54) is 19.3 Å². The van der Waals surface area contributed by atoms with Crippen LogP contribution in [0.25, 0.3) is 0 Å². The smallest absolute Gasteiger partial charge is 0.234 e. The molecule has 0 aromatic rings. The Kier molecular flexibility index (Phi) is 6.80. The van der Waals surface area contributed by atoms with Crippen LogP contribution in [0, 0.1) is 5.92 Å². The molecule has 4 heteroatoms. The van der Waals surface area contributed by atoms with Gasteiger partial charge in [0.1, 0.15) is 0 Å². The minimum atomic E-state index is -0.737. The van der Waals surface area contributed by atoms with E-state index < -0.39 is 5.60 Å². The lowest BCUT2D eigenvalue weighted by Crippen LogP contribution is -2.45. The SMILES string of the molecule is CC(C)CC(C)(O)CNCC(=O)NC1CCCCC1. The molecule has 1 unspecified atom stereocenters. The third-order valence-electron chi connectivity index (χ3n) is 3.61. The maximum atomic E-state index is 11.8. The molecule has 19 heavy (non-hydrogen) atoms. The molecule has 112 valence electrons. The standard InChI is InChI=1S/C15H30N2O2/c1-12(2)9-15(3,19)11-16-10-14(18)17-13-7-5-4-6-8-13/h12-13,16,19H,4-11H2,1-3H3,(H,17,18). The Morgan fingerprint density at radius 3 is 2.53 bits per heavy atom. The number of rotatable bonds is 7. The summed E-state index contributed by atoms with van der Waals surface area (Å²) in [5, 5.41) is 16.2. The maximum Gasteiger partial charge on any atom is 0.234 e. The van der Waals surface area contributed by atoms with E-state index in [0.717, 1.165) is 19.3 Å². The van der Waals surface area contributed by atoms with Gasteiger partial charge in [0, 0.05) is 12.6 Å². The largest absolute Gasteiger partial charge is 0.389 e. The van der Waals surface area contributed by atoms with Crippen LogP contribution in [0.3, 0.4) is 0 Å². The van der Waals surface area contributed by atoms with Crippen molar-refractivity contribution in [3.05, 3.63) is 0 Å². The van der Waals surface area contributed by atoms with Gasteiger partial charge >= 0.3 is 0 Å². The van der Waals surface area contributed by atoms with Gasteiger partial charge in [-0.15, -0.1) is 0 Å². The lowest BCUT2D eigenvalue weighted by molar-refractivity contribution is -0.121. The third-order valence-corrected chi connectivity index (χ3v) is 3.61. The lowest BCUT2D eigenvalue weighted by Gasteiger charge is -2.26. The molecule has 1 saturated carbocycles. The molecule has 0 aliphatic heterocycles. The predicted molar refractivity (Wildman–Crippen MR) is 78.0 cm³/mol. The molecule has 1 rings (SSSR count). The predicted octanol–water partition coefficient (Wildman–Crippen LogP) is 1.82. The zero-order valence-electron chi connectivity index (χ0n) is 12.7. The minimum Gasteiger partial charge on any atom is -0.389 e. The third kappa shape index (κ3) is 7.53. The van der Waals surface area contributed by atoms with E-state index >= 15 is 0 Å². The van der Waals surface area contributed by atoms with E-state index in [1.807, 2.05) is 6.92 Å². The Hall–Kier alpha value is -0.610. The second kappa shape index (κ2) is 7.85. The molecule has 1 amide bonds. The molecule has 0 radical (unpaired) electrons. The van der Waals surface area contributed by atoms with Crippen LogP contribution >= 0.6 is 0 Å². The van der Waals surface area contributed by atoms with E-state index in [1.54, 1.807) is 0 Å². The summed E-state index contributed by atoms with van der Waals surface area (Å²) in [6, 6.07) is 0.360. The van der Waals surface area contributed by atoms with Gasteiger partial charge in [-0.1, -0.05) is 33.1 Å². The highest BCUT2D eigenvalue weighted by Crippen LogP contribution is 2.17. The number of aliphatic hydroxyl groups is 1. The van der Waals surface area contributed by atoms with Gasteiger partial charge in [0.25, 0.3) is 0 Å². The number of hydrogen-bond donors (Lipinski definition) is 3. The Balaban J connectivity index is 2.15.